The normalized spacial score (nSPS) is 9.21. The summed E-state index contributed by atoms with van der Waals surface area (Å²) in [6.45, 7) is 0.106. The van der Waals surface area contributed by atoms with E-state index in [1.165, 1.54) is 6.07 Å². The van der Waals surface area contributed by atoms with Crippen molar-refractivity contribution in [1.29, 1.82) is 0 Å². The lowest BCUT2D eigenvalue weighted by Crippen LogP contribution is -2.00. The molecule has 6 nitrogen and oxygen atoms in total. The van der Waals surface area contributed by atoms with Gasteiger partial charge in [0.2, 0.25) is 5.82 Å². The molecule has 1 aromatic carbocycles. The molecule has 7 heteroatoms. The van der Waals surface area contributed by atoms with Gasteiger partial charge in [0.1, 0.15) is 0 Å². The van der Waals surface area contributed by atoms with E-state index in [1.54, 1.807) is 0 Å². The number of halogens is 1. The summed E-state index contributed by atoms with van der Waals surface area (Å²) >= 11 is 0. The van der Waals surface area contributed by atoms with Crippen LogP contribution in [0.4, 0.5) is 15.8 Å². The van der Waals surface area contributed by atoms with Crippen LogP contribution in [0.1, 0.15) is 0 Å². The molecule has 0 fully saturated rings. The Morgan fingerprint density at radius 3 is 2.86 bits per heavy atom. The summed E-state index contributed by atoms with van der Waals surface area (Å²) < 4.78 is 12.8. The monoisotopic (exact) mass is 200 g/mol. The van der Waals surface area contributed by atoms with Crippen molar-refractivity contribution in [1.82, 2.24) is 0 Å². The summed E-state index contributed by atoms with van der Waals surface area (Å²) in [6, 6.07) is 3.01. The number of nitro groups is 1. The molecule has 0 heterocycles. The van der Waals surface area contributed by atoms with Crippen LogP contribution in [-0.4, -0.2) is 11.4 Å². The Hall–Kier alpha value is -2.18. The number of carbonyl (C=O) groups is 1. The fourth-order valence-corrected chi connectivity index (χ4v) is 0.808. The van der Waals surface area contributed by atoms with Gasteiger partial charge in [-0.2, -0.15) is 4.39 Å². The molecular weight excluding hydrogens is 195 g/mol. The lowest BCUT2D eigenvalue weighted by atomic mass is 10.3. The van der Waals surface area contributed by atoms with Crippen molar-refractivity contribution in [2.45, 2.75) is 0 Å². The maximum atomic E-state index is 12.8. The minimum atomic E-state index is -0.952. The van der Waals surface area contributed by atoms with Gasteiger partial charge in [0.25, 0.3) is 0 Å². The van der Waals surface area contributed by atoms with Crippen LogP contribution in [-0.2, 0) is 9.63 Å². The second-order valence-electron chi connectivity index (χ2n) is 2.24. The first-order chi connectivity index (χ1) is 6.65. The molecule has 0 aromatic heterocycles. The zero-order valence-electron chi connectivity index (χ0n) is 6.77. The zero-order valence-corrected chi connectivity index (χ0v) is 6.77. The van der Waals surface area contributed by atoms with E-state index in [1.807, 2.05) is 0 Å². The van der Waals surface area contributed by atoms with Crippen molar-refractivity contribution in [3.8, 4) is 0 Å². The molecule has 1 aromatic rings. The second-order valence-corrected chi connectivity index (χ2v) is 2.24. The summed E-state index contributed by atoms with van der Waals surface area (Å²) in [5.74, 6) is -0.952. The largest absolute Gasteiger partial charge is 0.347 e. The average molecular weight is 200 g/mol. The molecule has 74 valence electrons. The Labute approximate surface area is 77.4 Å². The molecule has 0 bridgehead atoms. The van der Waals surface area contributed by atoms with Crippen LogP contribution < -0.4 is 5.48 Å². The molecule has 1 rings (SSSR count). The Morgan fingerprint density at radius 2 is 2.29 bits per heavy atom. The Kier molecular flexibility index (Phi) is 2.95. The zero-order chi connectivity index (χ0) is 10.6. The maximum absolute atomic E-state index is 12.8. The predicted octanol–water partition coefficient (Wildman–Crippen LogP) is 1.23. The Bertz CT molecular complexity index is 369. The van der Waals surface area contributed by atoms with Crippen molar-refractivity contribution >= 4 is 17.8 Å². The molecule has 0 amide bonds. The summed E-state index contributed by atoms with van der Waals surface area (Å²) in [6.07, 6.45) is 0. The standard InChI is InChI=1S/C7H5FN2O4/c8-6-2-1-5(9-14-4-11)3-7(6)10(12)13/h1-4,9H. The molecule has 0 unspecified atom stereocenters. The van der Waals surface area contributed by atoms with Gasteiger partial charge in [0.15, 0.2) is 0 Å². The minimum Gasteiger partial charge on any atom is -0.347 e. The van der Waals surface area contributed by atoms with E-state index in [9.17, 15) is 19.3 Å². The van der Waals surface area contributed by atoms with Crippen molar-refractivity contribution in [3.63, 3.8) is 0 Å². The molecule has 0 saturated carbocycles. The lowest BCUT2D eigenvalue weighted by molar-refractivity contribution is -0.387. The predicted molar refractivity (Wildman–Crippen MR) is 43.8 cm³/mol. The molecule has 0 atom stereocenters. The van der Waals surface area contributed by atoms with Gasteiger partial charge >= 0.3 is 12.2 Å². The van der Waals surface area contributed by atoms with Crippen molar-refractivity contribution in [2.75, 3.05) is 5.48 Å². The highest BCUT2D eigenvalue weighted by molar-refractivity contribution is 5.52. The number of benzene rings is 1. The SMILES string of the molecule is O=CONc1ccc(F)c([N+](=O)[O-])c1. The molecule has 0 aliphatic carbocycles. The summed E-state index contributed by atoms with van der Waals surface area (Å²) in [5, 5.41) is 10.3. The van der Waals surface area contributed by atoms with Gasteiger partial charge in [0.05, 0.1) is 10.6 Å². The third kappa shape index (κ3) is 2.16. The number of anilines is 1. The van der Waals surface area contributed by atoms with Gasteiger partial charge in [-0.05, 0) is 12.1 Å². The van der Waals surface area contributed by atoms with Crippen molar-refractivity contribution < 1.29 is 18.9 Å². The molecule has 0 spiro atoms. The van der Waals surface area contributed by atoms with E-state index in [-0.39, 0.29) is 12.2 Å². The molecule has 0 aliphatic rings. The third-order valence-electron chi connectivity index (χ3n) is 1.37. The smallest absolute Gasteiger partial charge is 0.320 e. The minimum absolute atomic E-state index is 0.106. The molecular formula is C7H5FN2O4. The van der Waals surface area contributed by atoms with Crippen molar-refractivity contribution in [2.24, 2.45) is 0 Å². The first-order valence-electron chi connectivity index (χ1n) is 3.44. The van der Waals surface area contributed by atoms with Crippen LogP contribution in [0.15, 0.2) is 18.2 Å². The van der Waals surface area contributed by atoms with Gasteiger partial charge < -0.3 is 4.84 Å². The topological polar surface area (TPSA) is 81.5 Å². The summed E-state index contributed by atoms with van der Waals surface area (Å²) in [5.41, 5.74) is 1.50. The number of hydrogen-bond acceptors (Lipinski definition) is 5. The van der Waals surface area contributed by atoms with E-state index >= 15 is 0 Å². The first kappa shape index (κ1) is 9.90. The van der Waals surface area contributed by atoms with Crippen LogP contribution in [0.3, 0.4) is 0 Å². The Balaban J connectivity index is 2.94. The maximum Gasteiger partial charge on any atom is 0.320 e. The fourth-order valence-electron chi connectivity index (χ4n) is 0.808. The highest BCUT2D eigenvalue weighted by Gasteiger charge is 2.14. The van der Waals surface area contributed by atoms with E-state index in [4.69, 9.17) is 0 Å². The number of carbonyl (C=O) groups excluding carboxylic acids is 1. The highest BCUT2D eigenvalue weighted by atomic mass is 19.1. The van der Waals surface area contributed by atoms with Crippen molar-refractivity contribution in [3.05, 3.63) is 34.1 Å². The summed E-state index contributed by atoms with van der Waals surface area (Å²) in [4.78, 5) is 23.3. The van der Waals surface area contributed by atoms with Crippen LogP contribution in [0, 0.1) is 15.9 Å². The number of nitro benzene ring substituents is 1. The summed E-state index contributed by atoms with van der Waals surface area (Å²) in [7, 11) is 0. The number of nitrogens with one attached hydrogen (secondary N) is 1. The molecule has 0 radical (unpaired) electrons. The van der Waals surface area contributed by atoms with Crippen LogP contribution in [0.2, 0.25) is 0 Å². The molecule has 1 N–H and O–H groups in total. The van der Waals surface area contributed by atoms with Crippen LogP contribution in [0.5, 0.6) is 0 Å². The first-order valence-corrected chi connectivity index (χ1v) is 3.44. The second kappa shape index (κ2) is 4.17. The van der Waals surface area contributed by atoms with Gasteiger partial charge in [0, 0.05) is 6.07 Å². The highest BCUT2D eigenvalue weighted by Crippen LogP contribution is 2.21. The van der Waals surface area contributed by atoms with Gasteiger partial charge in [-0.15, -0.1) is 0 Å². The van der Waals surface area contributed by atoms with Gasteiger partial charge in [-0.1, -0.05) is 0 Å². The van der Waals surface area contributed by atoms with E-state index < -0.39 is 16.4 Å². The van der Waals surface area contributed by atoms with E-state index in [0.29, 0.717) is 0 Å². The quantitative estimate of drug-likeness (QED) is 0.449. The number of nitrogens with zero attached hydrogens (tertiary/aromatic N) is 1. The van der Waals surface area contributed by atoms with E-state index in [2.05, 4.69) is 10.3 Å². The average Bonchev–Trinajstić information content (AvgIpc) is 2.16. The Morgan fingerprint density at radius 1 is 1.57 bits per heavy atom. The fraction of sp³-hybridized carbons (Fsp3) is 0. The van der Waals surface area contributed by atoms with E-state index in [0.717, 1.165) is 12.1 Å². The molecule has 0 saturated heterocycles. The number of hydrogen-bond donors (Lipinski definition) is 1. The van der Waals surface area contributed by atoms with Gasteiger partial charge in [-0.25, -0.2) is 5.48 Å². The van der Waals surface area contributed by atoms with Gasteiger partial charge in [-0.3, -0.25) is 14.9 Å². The van der Waals surface area contributed by atoms with Crippen LogP contribution >= 0.6 is 0 Å². The number of rotatable bonds is 4. The third-order valence-corrected chi connectivity index (χ3v) is 1.37. The van der Waals surface area contributed by atoms with Crippen LogP contribution in [0.25, 0.3) is 0 Å². The molecule has 0 aliphatic heterocycles. The molecule has 14 heavy (non-hydrogen) atoms. The lowest BCUT2D eigenvalue weighted by Gasteiger charge is -2.01.